The van der Waals surface area contributed by atoms with Gasteiger partial charge in [-0.05, 0) is 13.8 Å². The van der Waals surface area contributed by atoms with Crippen LogP contribution >= 0.6 is 0 Å². The van der Waals surface area contributed by atoms with E-state index in [-0.39, 0.29) is 0 Å². The Morgan fingerprint density at radius 3 is 2.17 bits per heavy atom. The minimum Gasteiger partial charge on any atom is -0.297 e. The monoisotopic (exact) mass is 81.1 g/mol. The maximum absolute atomic E-state index is 6.72. The average Bonchev–Trinajstić information content (AvgIpc) is 1.35. The van der Waals surface area contributed by atoms with E-state index in [9.17, 15) is 0 Å². The van der Waals surface area contributed by atoms with Crippen LogP contribution in [0.15, 0.2) is 0 Å². The Morgan fingerprint density at radius 1 is 1.67 bits per heavy atom. The molecule has 0 saturated carbocycles. The van der Waals surface area contributed by atoms with Gasteiger partial charge in [-0.15, -0.1) is 5.92 Å². The van der Waals surface area contributed by atoms with Crippen molar-refractivity contribution >= 4 is 5.71 Å². The van der Waals surface area contributed by atoms with Crippen LogP contribution in [0.1, 0.15) is 13.8 Å². The van der Waals surface area contributed by atoms with Crippen molar-refractivity contribution in [3.05, 3.63) is 0 Å². The molecule has 0 bridgehead atoms. The smallest absolute Gasteiger partial charge is 0.0778 e. The topological polar surface area (TPSA) is 23.9 Å². The molecule has 1 heteroatoms. The van der Waals surface area contributed by atoms with Gasteiger partial charge >= 0.3 is 0 Å². The Hall–Kier alpha value is -0.770. The van der Waals surface area contributed by atoms with Crippen LogP contribution in [-0.2, 0) is 0 Å². The number of nitrogens with one attached hydrogen (secondary N) is 1. The predicted molar refractivity (Wildman–Crippen MR) is 26.9 cm³/mol. The molecule has 0 saturated heterocycles. The van der Waals surface area contributed by atoms with Crippen molar-refractivity contribution in [3.63, 3.8) is 0 Å². The van der Waals surface area contributed by atoms with E-state index in [4.69, 9.17) is 5.41 Å². The molecule has 0 rings (SSSR count). The third kappa shape index (κ3) is 3.23. The Labute approximate surface area is 37.9 Å². The largest absolute Gasteiger partial charge is 0.297 e. The first-order valence-electron chi connectivity index (χ1n) is 1.75. The van der Waals surface area contributed by atoms with Gasteiger partial charge in [-0.1, -0.05) is 5.92 Å². The fourth-order valence-electron chi connectivity index (χ4n) is 0.188. The van der Waals surface area contributed by atoms with Crippen LogP contribution in [0.3, 0.4) is 0 Å². The van der Waals surface area contributed by atoms with Gasteiger partial charge in [-0.3, -0.25) is 5.41 Å². The van der Waals surface area contributed by atoms with E-state index in [2.05, 4.69) is 11.8 Å². The summed E-state index contributed by atoms with van der Waals surface area (Å²) in [4.78, 5) is 0. The van der Waals surface area contributed by atoms with Crippen molar-refractivity contribution in [1.29, 1.82) is 5.41 Å². The summed E-state index contributed by atoms with van der Waals surface area (Å²) in [5.41, 5.74) is 0.428. The minimum absolute atomic E-state index is 0.428. The standard InChI is InChI=1S/C5H7N/c1-3-4-5(2)6/h6H,1-2H3. The molecule has 0 aliphatic rings. The van der Waals surface area contributed by atoms with Crippen molar-refractivity contribution in [2.24, 2.45) is 0 Å². The molecule has 0 aliphatic carbocycles. The molecular formula is C5H7N. The van der Waals surface area contributed by atoms with Gasteiger partial charge in [-0.25, -0.2) is 0 Å². The Bertz CT molecular complexity index is 103. The lowest BCUT2D eigenvalue weighted by molar-refractivity contribution is 1.51. The summed E-state index contributed by atoms with van der Waals surface area (Å²) < 4.78 is 0. The Kier molecular flexibility index (Phi) is 2.15. The first-order chi connectivity index (χ1) is 2.77. The second kappa shape index (κ2) is 2.47. The molecule has 0 fully saturated rings. The number of hydrogen-bond donors (Lipinski definition) is 1. The highest BCUT2D eigenvalue weighted by Gasteiger charge is 1.65. The summed E-state index contributed by atoms with van der Waals surface area (Å²) in [5, 5.41) is 6.72. The average molecular weight is 81.1 g/mol. The van der Waals surface area contributed by atoms with Gasteiger partial charge < -0.3 is 0 Å². The van der Waals surface area contributed by atoms with Crippen LogP contribution < -0.4 is 0 Å². The summed E-state index contributed by atoms with van der Waals surface area (Å²) in [6.45, 7) is 3.38. The molecule has 0 atom stereocenters. The van der Waals surface area contributed by atoms with Crippen molar-refractivity contribution < 1.29 is 0 Å². The van der Waals surface area contributed by atoms with Crippen molar-refractivity contribution in [2.75, 3.05) is 0 Å². The molecule has 1 N–H and O–H groups in total. The summed E-state index contributed by atoms with van der Waals surface area (Å²) in [5.74, 6) is 5.13. The second-order valence-corrected chi connectivity index (χ2v) is 1.00. The van der Waals surface area contributed by atoms with E-state index in [0.717, 1.165) is 0 Å². The molecular weight excluding hydrogens is 74.1 g/mol. The van der Waals surface area contributed by atoms with Gasteiger partial charge in [0, 0.05) is 0 Å². The van der Waals surface area contributed by atoms with Gasteiger partial charge in [0.05, 0.1) is 5.71 Å². The van der Waals surface area contributed by atoms with E-state index in [1.807, 2.05) is 0 Å². The van der Waals surface area contributed by atoms with E-state index in [1.54, 1.807) is 13.8 Å². The van der Waals surface area contributed by atoms with Gasteiger partial charge in [0.15, 0.2) is 0 Å². The molecule has 32 valence electrons. The summed E-state index contributed by atoms with van der Waals surface area (Å²) in [7, 11) is 0. The molecule has 0 amide bonds. The maximum atomic E-state index is 6.72. The molecule has 6 heavy (non-hydrogen) atoms. The lowest BCUT2D eigenvalue weighted by atomic mass is 10.4. The highest BCUT2D eigenvalue weighted by Crippen LogP contribution is 1.58. The Morgan fingerprint density at radius 2 is 2.17 bits per heavy atom. The molecule has 0 heterocycles. The summed E-state index contributed by atoms with van der Waals surface area (Å²) >= 11 is 0. The normalized spacial score (nSPS) is 5.67. The van der Waals surface area contributed by atoms with Crippen LogP contribution in [-0.4, -0.2) is 5.71 Å². The van der Waals surface area contributed by atoms with Crippen molar-refractivity contribution in [1.82, 2.24) is 0 Å². The third-order valence-electron chi connectivity index (χ3n) is 0.312. The highest BCUT2D eigenvalue weighted by molar-refractivity contribution is 5.95. The number of hydrogen-bond acceptors (Lipinski definition) is 1. The zero-order valence-corrected chi connectivity index (χ0v) is 4.00. The first-order valence-corrected chi connectivity index (χ1v) is 1.75. The lowest BCUT2D eigenvalue weighted by Crippen LogP contribution is -1.75. The molecule has 0 aliphatic heterocycles. The molecule has 0 unspecified atom stereocenters. The molecule has 0 aromatic rings. The van der Waals surface area contributed by atoms with Crippen LogP contribution in [0.5, 0.6) is 0 Å². The van der Waals surface area contributed by atoms with E-state index < -0.39 is 0 Å². The molecule has 1 nitrogen and oxygen atoms in total. The highest BCUT2D eigenvalue weighted by atomic mass is 14.4. The van der Waals surface area contributed by atoms with Crippen LogP contribution in [0, 0.1) is 17.3 Å². The predicted octanol–water partition coefficient (Wildman–Crippen LogP) is 1.05. The maximum Gasteiger partial charge on any atom is 0.0778 e. The van der Waals surface area contributed by atoms with E-state index >= 15 is 0 Å². The molecule has 0 radical (unpaired) electrons. The number of rotatable bonds is 0. The fraction of sp³-hybridized carbons (Fsp3) is 0.400. The zero-order chi connectivity index (χ0) is 4.99. The zero-order valence-electron chi connectivity index (χ0n) is 4.00. The molecule has 0 spiro atoms. The minimum atomic E-state index is 0.428. The lowest BCUT2D eigenvalue weighted by Gasteiger charge is -1.67. The fourth-order valence-corrected chi connectivity index (χ4v) is 0.188. The van der Waals surface area contributed by atoms with Gasteiger partial charge in [0.25, 0.3) is 0 Å². The SMILES string of the molecule is CC#CC(C)=N. The van der Waals surface area contributed by atoms with Gasteiger partial charge in [0.2, 0.25) is 0 Å². The quantitative estimate of drug-likeness (QED) is 0.333. The third-order valence-corrected chi connectivity index (χ3v) is 0.312. The first kappa shape index (κ1) is 5.23. The van der Waals surface area contributed by atoms with Gasteiger partial charge in [-0.2, -0.15) is 0 Å². The Balaban J connectivity index is 3.50. The molecule has 0 aromatic heterocycles. The second-order valence-electron chi connectivity index (χ2n) is 1.00. The van der Waals surface area contributed by atoms with E-state index in [0.29, 0.717) is 5.71 Å². The molecule has 0 aromatic carbocycles. The van der Waals surface area contributed by atoms with Crippen molar-refractivity contribution in [2.45, 2.75) is 13.8 Å². The van der Waals surface area contributed by atoms with E-state index in [1.165, 1.54) is 0 Å². The van der Waals surface area contributed by atoms with Crippen LogP contribution in [0.25, 0.3) is 0 Å². The van der Waals surface area contributed by atoms with Crippen molar-refractivity contribution in [3.8, 4) is 11.8 Å². The summed E-state index contributed by atoms with van der Waals surface area (Å²) in [6, 6.07) is 0. The van der Waals surface area contributed by atoms with Crippen LogP contribution in [0.2, 0.25) is 0 Å². The summed E-state index contributed by atoms with van der Waals surface area (Å²) in [6.07, 6.45) is 0. The van der Waals surface area contributed by atoms with Gasteiger partial charge in [0.1, 0.15) is 0 Å². The van der Waals surface area contributed by atoms with Crippen LogP contribution in [0.4, 0.5) is 0 Å².